The average molecular weight is 362 g/mol. The van der Waals surface area contributed by atoms with Gasteiger partial charge in [0.15, 0.2) is 0 Å². The summed E-state index contributed by atoms with van der Waals surface area (Å²) < 4.78 is 6.22. The molecule has 3 aromatic rings. The van der Waals surface area contributed by atoms with Crippen LogP contribution in [0.2, 0.25) is 0 Å². The summed E-state index contributed by atoms with van der Waals surface area (Å²) in [6.07, 6.45) is 6.38. The Balaban J connectivity index is 1.33. The summed E-state index contributed by atoms with van der Waals surface area (Å²) in [6.45, 7) is 0.996. The molecule has 1 aliphatic rings. The Morgan fingerprint density at radius 1 is 1.04 bits per heavy atom. The first-order valence-electron chi connectivity index (χ1n) is 9.71. The minimum atomic E-state index is -0.0546. The number of aromatic nitrogens is 1. The van der Waals surface area contributed by atoms with Gasteiger partial charge in [0.05, 0.1) is 6.10 Å². The van der Waals surface area contributed by atoms with Crippen molar-refractivity contribution < 1.29 is 4.74 Å². The number of nitrogens with zero attached hydrogens (tertiary/aromatic N) is 1. The van der Waals surface area contributed by atoms with Crippen LogP contribution in [0.25, 0.3) is 10.8 Å². The largest absolute Gasteiger partial charge is 0.490 e. The van der Waals surface area contributed by atoms with Crippen molar-refractivity contribution in [3.63, 3.8) is 0 Å². The zero-order chi connectivity index (χ0) is 18.6. The molecule has 4 nitrogen and oxygen atoms in total. The van der Waals surface area contributed by atoms with Crippen molar-refractivity contribution >= 4 is 10.8 Å². The number of benzene rings is 2. The number of nitrogens with one attached hydrogen (secondary N) is 1. The summed E-state index contributed by atoms with van der Waals surface area (Å²) in [4.78, 5) is 17.0. The highest BCUT2D eigenvalue weighted by Gasteiger charge is 2.25. The SMILES string of the molecule is CN(Cc1ccccc1)[C@H]1CC[C@H](Oc2ccc3c(=O)[nH]ccc3c2)CC1. The van der Waals surface area contributed by atoms with E-state index in [0.29, 0.717) is 11.4 Å². The molecule has 1 N–H and O–H groups in total. The minimum absolute atomic E-state index is 0.0546. The number of hydrogen-bond acceptors (Lipinski definition) is 3. The molecule has 0 amide bonds. The van der Waals surface area contributed by atoms with Crippen LogP contribution in [0.15, 0.2) is 65.6 Å². The molecule has 0 spiro atoms. The molecule has 27 heavy (non-hydrogen) atoms. The Morgan fingerprint density at radius 2 is 1.81 bits per heavy atom. The van der Waals surface area contributed by atoms with Gasteiger partial charge in [-0.1, -0.05) is 30.3 Å². The lowest BCUT2D eigenvalue weighted by Crippen LogP contribution is -2.37. The molecule has 1 aliphatic carbocycles. The molecule has 2 aromatic carbocycles. The lowest BCUT2D eigenvalue weighted by Gasteiger charge is -2.34. The van der Waals surface area contributed by atoms with Crippen molar-refractivity contribution in [2.24, 2.45) is 0 Å². The third-order valence-corrected chi connectivity index (χ3v) is 5.59. The van der Waals surface area contributed by atoms with E-state index in [0.717, 1.165) is 43.4 Å². The van der Waals surface area contributed by atoms with Crippen molar-refractivity contribution in [2.45, 2.75) is 44.4 Å². The lowest BCUT2D eigenvalue weighted by atomic mass is 9.91. The van der Waals surface area contributed by atoms with Crippen LogP contribution in [0, 0.1) is 0 Å². The van der Waals surface area contributed by atoms with Crippen LogP contribution in [-0.4, -0.2) is 29.1 Å². The molecule has 1 fully saturated rings. The van der Waals surface area contributed by atoms with Crippen molar-refractivity contribution in [3.05, 3.63) is 76.7 Å². The fraction of sp³-hybridized carbons (Fsp3) is 0.348. The van der Waals surface area contributed by atoms with Crippen LogP contribution in [0.3, 0.4) is 0 Å². The third kappa shape index (κ3) is 4.22. The van der Waals surface area contributed by atoms with Gasteiger partial charge in [-0.15, -0.1) is 0 Å². The Kier molecular flexibility index (Phi) is 5.26. The topological polar surface area (TPSA) is 45.3 Å². The smallest absolute Gasteiger partial charge is 0.255 e. The van der Waals surface area contributed by atoms with Gasteiger partial charge in [0, 0.05) is 24.2 Å². The van der Waals surface area contributed by atoms with E-state index in [1.54, 1.807) is 6.20 Å². The maximum Gasteiger partial charge on any atom is 0.255 e. The molecule has 0 bridgehead atoms. The predicted molar refractivity (Wildman–Crippen MR) is 109 cm³/mol. The van der Waals surface area contributed by atoms with Crippen molar-refractivity contribution in [1.82, 2.24) is 9.88 Å². The summed E-state index contributed by atoms with van der Waals surface area (Å²) >= 11 is 0. The molecule has 0 saturated heterocycles. The molecule has 0 aliphatic heterocycles. The Bertz CT molecular complexity index is 943. The predicted octanol–water partition coefficient (Wildman–Crippen LogP) is 4.35. The van der Waals surface area contributed by atoms with Gasteiger partial charge in [0.1, 0.15) is 5.75 Å². The van der Waals surface area contributed by atoms with Crippen LogP contribution < -0.4 is 10.3 Å². The fourth-order valence-corrected chi connectivity index (χ4v) is 4.04. The van der Waals surface area contributed by atoms with Crippen LogP contribution >= 0.6 is 0 Å². The van der Waals surface area contributed by atoms with Crippen LogP contribution in [-0.2, 0) is 6.54 Å². The number of H-pyrrole nitrogens is 1. The highest BCUT2D eigenvalue weighted by molar-refractivity contribution is 5.82. The van der Waals surface area contributed by atoms with Crippen LogP contribution in [0.5, 0.6) is 5.75 Å². The van der Waals surface area contributed by atoms with Gasteiger partial charge < -0.3 is 9.72 Å². The molecule has 4 rings (SSSR count). The number of aromatic amines is 1. The Morgan fingerprint density at radius 3 is 2.59 bits per heavy atom. The molecule has 1 saturated carbocycles. The van der Waals surface area contributed by atoms with E-state index in [2.05, 4.69) is 47.3 Å². The third-order valence-electron chi connectivity index (χ3n) is 5.59. The number of fused-ring (bicyclic) bond motifs is 1. The molecule has 0 radical (unpaired) electrons. The van der Waals surface area contributed by atoms with Gasteiger partial charge in [0.2, 0.25) is 0 Å². The van der Waals surface area contributed by atoms with Gasteiger partial charge in [-0.3, -0.25) is 9.69 Å². The number of pyridine rings is 1. The summed E-state index contributed by atoms with van der Waals surface area (Å²) in [5, 5.41) is 1.63. The molecule has 4 heteroatoms. The van der Waals surface area contributed by atoms with E-state index in [1.165, 1.54) is 5.56 Å². The molecule has 140 valence electrons. The number of ether oxygens (including phenoxy) is 1. The van der Waals surface area contributed by atoms with Crippen LogP contribution in [0.4, 0.5) is 0 Å². The normalized spacial score (nSPS) is 20.1. The van der Waals surface area contributed by atoms with Gasteiger partial charge in [-0.25, -0.2) is 0 Å². The van der Waals surface area contributed by atoms with Crippen molar-refractivity contribution in [1.29, 1.82) is 0 Å². The molecule has 1 aromatic heterocycles. The van der Waals surface area contributed by atoms with Gasteiger partial charge in [-0.05, 0) is 67.9 Å². The quantitative estimate of drug-likeness (QED) is 0.734. The number of hydrogen-bond donors (Lipinski definition) is 1. The second-order valence-corrected chi connectivity index (χ2v) is 7.50. The minimum Gasteiger partial charge on any atom is -0.490 e. The van der Waals surface area contributed by atoms with E-state index in [1.807, 2.05) is 24.3 Å². The summed E-state index contributed by atoms with van der Waals surface area (Å²) in [5.74, 6) is 0.856. The average Bonchev–Trinajstić information content (AvgIpc) is 2.69. The summed E-state index contributed by atoms with van der Waals surface area (Å²) in [7, 11) is 2.22. The van der Waals surface area contributed by atoms with E-state index in [4.69, 9.17) is 4.74 Å². The summed E-state index contributed by atoms with van der Waals surface area (Å²) in [5.41, 5.74) is 1.31. The van der Waals surface area contributed by atoms with Crippen molar-refractivity contribution in [3.8, 4) is 5.75 Å². The molecule has 1 heterocycles. The number of rotatable bonds is 5. The second-order valence-electron chi connectivity index (χ2n) is 7.50. The van der Waals surface area contributed by atoms with Crippen molar-refractivity contribution in [2.75, 3.05) is 7.05 Å². The first-order valence-corrected chi connectivity index (χ1v) is 9.71. The molecule has 0 atom stereocenters. The molecular weight excluding hydrogens is 336 g/mol. The van der Waals surface area contributed by atoms with Gasteiger partial charge in [0.25, 0.3) is 5.56 Å². The van der Waals surface area contributed by atoms with E-state index in [9.17, 15) is 4.79 Å². The maximum absolute atomic E-state index is 11.8. The Labute approximate surface area is 159 Å². The molecular formula is C23H26N2O2. The molecule has 0 unspecified atom stereocenters. The van der Waals surface area contributed by atoms with Crippen LogP contribution in [0.1, 0.15) is 31.2 Å². The summed E-state index contributed by atoms with van der Waals surface area (Å²) in [6, 6.07) is 18.9. The van der Waals surface area contributed by atoms with E-state index < -0.39 is 0 Å². The first-order chi connectivity index (χ1) is 13.2. The van der Waals surface area contributed by atoms with E-state index >= 15 is 0 Å². The zero-order valence-corrected chi connectivity index (χ0v) is 15.7. The lowest BCUT2D eigenvalue weighted by molar-refractivity contribution is 0.0979. The maximum atomic E-state index is 11.8. The first kappa shape index (κ1) is 17.8. The highest BCUT2D eigenvalue weighted by Crippen LogP contribution is 2.28. The van der Waals surface area contributed by atoms with Gasteiger partial charge in [-0.2, -0.15) is 0 Å². The van der Waals surface area contributed by atoms with Gasteiger partial charge >= 0.3 is 0 Å². The monoisotopic (exact) mass is 362 g/mol. The second kappa shape index (κ2) is 7.97. The standard InChI is InChI=1S/C23H26N2O2/c1-25(16-17-5-3-2-4-6-17)19-7-9-20(10-8-19)27-21-11-12-22-18(15-21)13-14-24-23(22)26/h2-6,11-15,19-20H,7-10,16H2,1H3,(H,24,26)/t19-,20-. The fourth-order valence-electron chi connectivity index (χ4n) is 4.04. The highest BCUT2D eigenvalue weighted by atomic mass is 16.5. The zero-order valence-electron chi connectivity index (χ0n) is 15.7. The Hall–Kier alpha value is -2.59. The van der Waals surface area contributed by atoms with E-state index in [-0.39, 0.29) is 11.7 Å².